The van der Waals surface area contributed by atoms with Crippen molar-refractivity contribution in [2.45, 2.75) is 38.8 Å². The Morgan fingerprint density at radius 1 is 1.00 bits per heavy atom. The van der Waals surface area contributed by atoms with Crippen molar-refractivity contribution < 1.29 is 14.3 Å². The van der Waals surface area contributed by atoms with E-state index in [9.17, 15) is 4.79 Å². The molecular weight excluding hydrogens is 518 g/mol. The fourth-order valence-corrected chi connectivity index (χ4v) is 5.48. The highest BCUT2D eigenvalue weighted by Gasteiger charge is 2.34. The van der Waals surface area contributed by atoms with Crippen LogP contribution in [-0.2, 0) is 15.9 Å². The molecular formula is C31H37N7O3. The highest BCUT2D eigenvalue weighted by atomic mass is 16.6. The van der Waals surface area contributed by atoms with Gasteiger partial charge in [0.25, 0.3) is 0 Å². The zero-order valence-electron chi connectivity index (χ0n) is 23.9. The Morgan fingerprint density at radius 3 is 2.49 bits per heavy atom. The highest BCUT2D eigenvalue weighted by Crippen LogP contribution is 2.30. The molecule has 214 valence electrons. The van der Waals surface area contributed by atoms with E-state index in [4.69, 9.17) is 19.6 Å². The third-order valence-corrected chi connectivity index (χ3v) is 7.45. The van der Waals surface area contributed by atoms with Crippen molar-refractivity contribution in [2.24, 2.45) is 0 Å². The van der Waals surface area contributed by atoms with Gasteiger partial charge in [-0.1, -0.05) is 30.3 Å². The molecule has 3 aromatic heterocycles. The molecule has 0 spiro atoms. The topological polar surface area (TPSA) is 88.3 Å². The zero-order chi connectivity index (χ0) is 28.4. The number of aromatic nitrogens is 4. The minimum Gasteiger partial charge on any atom is -0.444 e. The monoisotopic (exact) mass is 555 g/mol. The number of carbonyl (C=O) groups is 1. The van der Waals surface area contributed by atoms with Gasteiger partial charge in [0, 0.05) is 62.8 Å². The van der Waals surface area contributed by atoms with Gasteiger partial charge in [-0.2, -0.15) is 9.61 Å². The van der Waals surface area contributed by atoms with Crippen LogP contribution in [0.5, 0.6) is 0 Å². The van der Waals surface area contributed by atoms with Crippen LogP contribution in [0.25, 0.3) is 16.9 Å². The summed E-state index contributed by atoms with van der Waals surface area (Å²) >= 11 is 0. The van der Waals surface area contributed by atoms with Gasteiger partial charge >= 0.3 is 6.09 Å². The molecule has 1 atom stereocenters. The quantitative estimate of drug-likeness (QED) is 0.360. The number of ether oxygens (including phenoxy) is 2. The summed E-state index contributed by atoms with van der Waals surface area (Å²) in [5, 5.41) is 4.96. The molecule has 6 rings (SSSR count). The van der Waals surface area contributed by atoms with Crippen molar-refractivity contribution in [2.75, 3.05) is 55.7 Å². The van der Waals surface area contributed by atoms with Gasteiger partial charge in [0.05, 0.1) is 24.9 Å². The first kappa shape index (κ1) is 27.0. The zero-order valence-corrected chi connectivity index (χ0v) is 23.9. The maximum Gasteiger partial charge on any atom is 0.410 e. The lowest BCUT2D eigenvalue weighted by Crippen LogP contribution is -2.56. The predicted molar refractivity (Wildman–Crippen MR) is 158 cm³/mol. The number of piperazine rings is 1. The van der Waals surface area contributed by atoms with E-state index in [1.807, 2.05) is 54.5 Å². The normalized spacial score (nSPS) is 18.1. The number of benzene rings is 1. The van der Waals surface area contributed by atoms with Gasteiger partial charge in [-0.05, 0) is 44.9 Å². The molecule has 5 heterocycles. The van der Waals surface area contributed by atoms with E-state index in [1.54, 1.807) is 12.4 Å². The number of fused-ring (bicyclic) bond motifs is 1. The summed E-state index contributed by atoms with van der Waals surface area (Å²) in [6.07, 6.45) is 4.06. The average molecular weight is 556 g/mol. The molecule has 10 nitrogen and oxygen atoms in total. The first-order chi connectivity index (χ1) is 19.8. The molecule has 0 N–H and O–H groups in total. The van der Waals surface area contributed by atoms with Crippen molar-refractivity contribution in [1.82, 2.24) is 24.5 Å². The number of carbonyl (C=O) groups excluding carboxylic acids is 1. The van der Waals surface area contributed by atoms with E-state index in [-0.39, 0.29) is 12.1 Å². The summed E-state index contributed by atoms with van der Waals surface area (Å²) in [7, 11) is 0. The van der Waals surface area contributed by atoms with E-state index in [2.05, 4.69) is 45.1 Å². The first-order valence-electron chi connectivity index (χ1n) is 14.3. The van der Waals surface area contributed by atoms with Crippen LogP contribution >= 0.6 is 0 Å². The molecule has 0 saturated carbocycles. The van der Waals surface area contributed by atoms with Crippen molar-refractivity contribution in [1.29, 1.82) is 0 Å². The maximum absolute atomic E-state index is 13.1. The lowest BCUT2D eigenvalue weighted by molar-refractivity contribution is 0.0214. The van der Waals surface area contributed by atoms with Crippen LogP contribution in [0.3, 0.4) is 0 Å². The summed E-state index contributed by atoms with van der Waals surface area (Å²) < 4.78 is 13.3. The first-order valence-corrected chi connectivity index (χ1v) is 14.3. The Balaban J connectivity index is 1.38. The van der Waals surface area contributed by atoms with Crippen molar-refractivity contribution in [3.8, 4) is 11.3 Å². The SMILES string of the molecule is CC(C)(C)OC(=O)N1CCN(c2cc(N3CCOCC3)n3nc(-c4ccncc4)cc3n2)C(Cc2ccccc2)C1. The minimum absolute atomic E-state index is 0.0220. The molecule has 2 aliphatic rings. The molecule has 0 aliphatic carbocycles. The molecule has 10 heteroatoms. The second-order valence-electron chi connectivity index (χ2n) is 11.6. The molecule has 4 aromatic rings. The van der Waals surface area contributed by atoms with Crippen molar-refractivity contribution >= 4 is 23.4 Å². The summed E-state index contributed by atoms with van der Waals surface area (Å²) in [4.78, 5) is 28.8. The number of pyridine rings is 1. The Bertz CT molecular complexity index is 1480. The summed E-state index contributed by atoms with van der Waals surface area (Å²) in [5.41, 5.74) is 3.29. The Hall–Kier alpha value is -4.18. The van der Waals surface area contributed by atoms with Gasteiger partial charge < -0.3 is 24.2 Å². The van der Waals surface area contributed by atoms with Gasteiger partial charge in [-0.3, -0.25) is 4.98 Å². The Kier molecular flexibility index (Phi) is 7.49. The number of hydrogen-bond donors (Lipinski definition) is 0. The predicted octanol–water partition coefficient (Wildman–Crippen LogP) is 4.30. The third-order valence-electron chi connectivity index (χ3n) is 7.45. The van der Waals surface area contributed by atoms with E-state index >= 15 is 0 Å². The van der Waals surface area contributed by atoms with Gasteiger partial charge in [-0.25, -0.2) is 9.78 Å². The second-order valence-corrected chi connectivity index (χ2v) is 11.6. The molecule has 0 bridgehead atoms. The second kappa shape index (κ2) is 11.4. The fourth-order valence-electron chi connectivity index (χ4n) is 5.48. The summed E-state index contributed by atoms with van der Waals surface area (Å²) in [6, 6.07) is 18.5. The number of anilines is 2. The van der Waals surface area contributed by atoms with Crippen LogP contribution in [0, 0.1) is 0 Å². The average Bonchev–Trinajstić information content (AvgIpc) is 3.42. The molecule has 2 saturated heterocycles. The van der Waals surface area contributed by atoms with Crippen LogP contribution in [0.15, 0.2) is 67.0 Å². The summed E-state index contributed by atoms with van der Waals surface area (Å²) in [6.45, 7) is 10.4. The van der Waals surface area contributed by atoms with Gasteiger partial charge in [0.15, 0.2) is 5.65 Å². The van der Waals surface area contributed by atoms with Crippen molar-refractivity contribution in [3.05, 3.63) is 72.6 Å². The summed E-state index contributed by atoms with van der Waals surface area (Å²) in [5.74, 6) is 1.87. The largest absolute Gasteiger partial charge is 0.444 e. The number of morpholine rings is 1. The minimum atomic E-state index is -0.544. The lowest BCUT2D eigenvalue weighted by atomic mass is 10.0. The number of hydrogen-bond acceptors (Lipinski definition) is 8. The van der Waals surface area contributed by atoms with Gasteiger partial charge in [0.1, 0.15) is 17.2 Å². The van der Waals surface area contributed by atoms with Gasteiger partial charge in [0.2, 0.25) is 0 Å². The molecule has 2 aliphatic heterocycles. The number of nitrogens with zero attached hydrogens (tertiary/aromatic N) is 7. The van der Waals surface area contributed by atoms with Gasteiger partial charge in [-0.15, -0.1) is 0 Å². The Morgan fingerprint density at radius 2 is 1.76 bits per heavy atom. The molecule has 1 amide bonds. The van der Waals surface area contributed by atoms with Crippen molar-refractivity contribution in [3.63, 3.8) is 0 Å². The number of rotatable bonds is 5. The van der Waals surface area contributed by atoms with Crippen LogP contribution in [0.4, 0.5) is 16.4 Å². The molecule has 2 fully saturated rings. The smallest absolute Gasteiger partial charge is 0.410 e. The standard InChI is InChI=1S/C31H37N7O3/c1-31(2,3)41-30(39)36-13-14-37(25(22-36)19-23-7-5-4-6-8-23)27-21-29(35-15-17-40-18-16-35)38-28(33-27)20-26(34-38)24-9-11-32-12-10-24/h4-12,20-21,25H,13-19,22H2,1-3H3. The third kappa shape index (κ3) is 6.12. The van der Waals surface area contributed by atoms with E-state index < -0.39 is 5.60 Å². The fraction of sp³-hybridized carbons (Fsp3) is 0.419. The van der Waals surface area contributed by atoms with Crippen LogP contribution < -0.4 is 9.80 Å². The highest BCUT2D eigenvalue weighted by molar-refractivity contribution is 5.70. The molecule has 41 heavy (non-hydrogen) atoms. The number of amides is 1. The molecule has 1 aromatic carbocycles. The van der Waals surface area contributed by atoms with E-state index in [0.717, 1.165) is 48.1 Å². The van der Waals surface area contributed by atoms with E-state index in [1.165, 1.54) is 5.56 Å². The lowest BCUT2D eigenvalue weighted by Gasteiger charge is -2.42. The molecule has 1 unspecified atom stereocenters. The van der Waals surface area contributed by atoms with Crippen LogP contribution in [0.1, 0.15) is 26.3 Å². The van der Waals surface area contributed by atoms with E-state index in [0.29, 0.717) is 32.8 Å². The molecule has 0 radical (unpaired) electrons. The van der Waals surface area contributed by atoms with Crippen LogP contribution in [-0.4, -0.2) is 88.2 Å². The van der Waals surface area contributed by atoms with Crippen LogP contribution in [0.2, 0.25) is 0 Å². The Labute approximate surface area is 240 Å². The maximum atomic E-state index is 13.1.